The minimum Gasteiger partial charge on any atom is -0.486 e. The van der Waals surface area contributed by atoms with Gasteiger partial charge >= 0.3 is 0 Å². The molecule has 1 aliphatic rings. The highest BCUT2D eigenvalue weighted by atomic mass is 32.2. The van der Waals surface area contributed by atoms with Crippen molar-refractivity contribution in [2.75, 3.05) is 31.7 Å². The van der Waals surface area contributed by atoms with E-state index >= 15 is 0 Å². The van der Waals surface area contributed by atoms with E-state index in [4.69, 9.17) is 9.47 Å². The molecule has 2 rings (SSSR count). The van der Waals surface area contributed by atoms with E-state index in [1.165, 1.54) is 4.90 Å². The first-order chi connectivity index (χ1) is 10.8. The Balaban J connectivity index is 1.90. The van der Waals surface area contributed by atoms with E-state index in [1.54, 1.807) is 13.1 Å². The molecule has 0 unspecified atom stereocenters. The zero-order valence-electron chi connectivity index (χ0n) is 13.7. The first-order valence-corrected chi connectivity index (χ1v) is 9.42. The maximum atomic E-state index is 12.1. The van der Waals surface area contributed by atoms with E-state index in [1.807, 2.05) is 32.0 Å². The molecule has 0 aromatic heterocycles. The number of carbonyl (C=O) groups is 1. The van der Waals surface area contributed by atoms with Gasteiger partial charge in [-0.2, -0.15) is 0 Å². The Kier molecular flexibility index (Phi) is 5.51. The number of amides is 1. The van der Waals surface area contributed by atoms with Gasteiger partial charge in [0, 0.05) is 7.05 Å². The fourth-order valence-electron chi connectivity index (χ4n) is 2.43. The van der Waals surface area contributed by atoms with Crippen LogP contribution in [0.2, 0.25) is 0 Å². The summed E-state index contributed by atoms with van der Waals surface area (Å²) < 4.78 is 35.2. The van der Waals surface area contributed by atoms with Crippen LogP contribution in [0.4, 0.5) is 0 Å². The van der Waals surface area contributed by atoms with Crippen LogP contribution in [0.15, 0.2) is 24.3 Å². The molecule has 6 nitrogen and oxygen atoms in total. The van der Waals surface area contributed by atoms with E-state index in [0.717, 1.165) is 0 Å². The lowest BCUT2D eigenvalue weighted by molar-refractivity contribution is -0.128. The highest BCUT2D eigenvalue weighted by Crippen LogP contribution is 2.30. The van der Waals surface area contributed by atoms with Gasteiger partial charge in [0.05, 0.1) is 12.3 Å². The second kappa shape index (κ2) is 7.21. The van der Waals surface area contributed by atoms with Crippen LogP contribution in [0.3, 0.4) is 0 Å². The van der Waals surface area contributed by atoms with E-state index in [0.29, 0.717) is 18.1 Å². The van der Waals surface area contributed by atoms with Gasteiger partial charge in [-0.15, -0.1) is 0 Å². The molecule has 0 saturated heterocycles. The third-order valence-corrected chi connectivity index (χ3v) is 5.26. The molecule has 0 aliphatic carbocycles. The summed E-state index contributed by atoms with van der Waals surface area (Å²) in [6.45, 7) is 4.24. The third kappa shape index (κ3) is 5.13. The van der Waals surface area contributed by atoms with Crippen LogP contribution in [0.5, 0.6) is 11.5 Å². The number of likely N-dealkylation sites (N-methyl/N-ethyl adjacent to an activating group) is 1. The number of carbonyl (C=O) groups excluding carboxylic acids is 1. The van der Waals surface area contributed by atoms with Crippen molar-refractivity contribution >= 4 is 15.7 Å². The molecule has 1 aromatic carbocycles. The smallest absolute Gasteiger partial charge is 0.237 e. The highest BCUT2D eigenvalue weighted by molar-refractivity contribution is 7.92. The van der Waals surface area contributed by atoms with E-state index in [-0.39, 0.29) is 24.3 Å². The van der Waals surface area contributed by atoms with Gasteiger partial charge in [0.2, 0.25) is 5.91 Å². The number of rotatable bonds is 6. The predicted molar refractivity (Wildman–Crippen MR) is 87.5 cm³/mol. The van der Waals surface area contributed by atoms with Crippen molar-refractivity contribution in [1.29, 1.82) is 0 Å². The molecule has 0 spiro atoms. The number of ether oxygens (including phenoxy) is 2. The first-order valence-electron chi connectivity index (χ1n) is 7.59. The lowest BCUT2D eigenvalue weighted by Crippen LogP contribution is -2.43. The minimum absolute atomic E-state index is 0.00434. The van der Waals surface area contributed by atoms with Gasteiger partial charge in [-0.1, -0.05) is 26.0 Å². The van der Waals surface area contributed by atoms with Crippen LogP contribution in [0.25, 0.3) is 0 Å². The summed E-state index contributed by atoms with van der Waals surface area (Å²) in [5, 5.41) is 0. The molecule has 128 valence electrons. The zero-order chi connectivity index (χ0) is 17.0. The number of hydrogen-bond acceptors (Lipinski definition) is 5. The summed E-state index contributed by atoms with van der Waals surface area (Å²) in [7, 11) is -1.80. The van der Waals surface area contributed by atoms with Crippen molar-refractivity contribution in [3.63, 3.8) is 0 Å². The number of para-hydroxylation sites is 2. The molecule has 1 amide bonds. The van der Waals surface area contributed by atoms with Gasteiger partial charge in [-0.25, -0.2) is 8.42 Å². The van der Waals surface area contributed by atoms with Gasteiger partial charge in [0.15, 0.2) is 27.4 Å². The summed E-state index contributed by atoms with van der Waals surface area (Å²) in [4.78, 5) is 13.5. The SMILES string of the molecule is CC(C)CS(=O)(=O)CC(=O)N(C)C[C@H]1COc2ccccc2O1. The lowest BCUT2D eigenvalue weighted by atomic mass is 10.2. The quantitative estimate of drug-likeness (QED) is 0.781. The van der Waals surface area contributed by atoms with Crippen molar-refractivity contribution in [2.45, 2.75) is 20.0 Å². The summed E-state index contributed by atoms with van der Waals surface area (Å²) >= 11 is 0. The standard InChI is InChI=1S/C16H23NO5S/c1-12(2)10-23(19,20)11-16(18)17(3)8-13-9-21-14-6-4-5-7-15(14)22-13/h4-7,12-13H,8-11H2,1-3H3/t13-/m0/s1. The average Bonchev–Trinajstić information content (AvgIpc) is 2.45. The van der Waals surface area contributed by atoms with Gasteiger partial charge in [0.1, 0.15) is 12.4 Å². The highest BCUT2D eigenvalue weighted by Gasteiger charge is 2.26. The molecule has 0 saturated carbocycles. The molecule has 1 atom stereocenters. The molecule has 0 bridgehead atoms. The Morgan fingerprint density at radius 3 is 2.61 bits per heavy atom. The number of benzene rings is 1. The van der Waals surface area contributed by atoms with E-state index in [2.05, 4.69) is 0 Å². The molecule has 0 fully saturated rings. The Bertz CT molecular complexity index is 656. The molecule has 1 heterocycles. The van der Waals surface area contributed by atoms with Crippen molar-refractivity contribution in [2.24, 2.45) is 5.92 Å². The van der Waals surface area contributed by atoms with Crippen molar-refractivity contribution in [3.8, 4) is 11.5 Å². The third-order valence-electron chi connectivity index (χ3n) is 3.40. The van der Waals surface area contributed by atoms with Crippen LogP contribution in [-0.4, -0.2) is 57.0 Å². The fourth-order valence-corrected chi connectivity index (χ4v) is 4.16. The summed E-state index contributed by atoms with van der Waals surface area (Å²) in [5.41, 5.74) is 0. The van der Waals surface area contributed by atoms with Crippen LogP contribution in [0, 0.1) is 5.92 Å². The number of nitrogens with zero attached hydrogens (tertiary/aromatic N) is 1. The Morgan fingerprint density at radius 1 is 1.30 bits per heavy atom. The number of fused-ring (bicyclic) bond motifs is 1. The Morgan fingerprint density at radius 2 is 1.96 bits per heavy atom. The lowest BCUT2D eigenvalue weighted by Gasteiger charge is -2.29. The monoisotopic (exact) mass is 341 g/mol. The average molecular weight is 341 g/mol. The van der Waals surface area contributed by atoms with Gasteiger partial charge in [0.25, 0.3) is 0 Å². The van der Waals surface area contributed by atoms with Crippen molar-refractivity contribution < 1.29 is 22.7 Å². The Labute approximate surface area is 137 Å². The fraction of sp³-hybridized carbons (Fsp3) is 0.562. The summed E-state index contributed by atoms with van der Waals surface area (Å²) in [6.07, 6.45) is -0.313. The van der Waals surface area contributed by atoms with Crippen molar-refractivity contribution in [1.82, 2.24) is 4.90 Å². The van der Waals surface area contributed by atoms with Crippen LogP contribution in [-0.2, 0) is 14.6 Å². The van der Waals surface area contributed by atoms with Crippen molar-refractivity contribution in [3.05, 3.63) is 24.3 Å². The maximum Gasteiger partial charge on any atom is 0.237 e. The summed E-state index contributed by atoms with van der Waals surface area (Å²) in [6, 6.07) is 7.32. The summed E-state index contributed by atoms with van der Waals surface area (Å²) in [5.74, 6) is 0.446. The maximum absolute atomic E-state index is 12.1. The minimum atomic E-state index is -3.38. The van der Waals surface area contributed by atoms with E-state index < -0.39 is 21.5 Å². The van der Waals surface area contributed by atoms with Crippen LogP contribution in [0.1, 0.15) is 13.8 Å². The molecule has 23 heavy (non-hydrogen) atoms. The molecular formula is C16H23NO5S. The van der Waals surface area contributed by atoms with Gasteiger partial charge < -0.3 is 14.4 Å². The second-order valence-electron chi connectivity index (χ2n) is 6.22. The van der Waals surface area contributed by atoms with E-state index in [9.17, 15) is 13.2 Å². The van der Waals surface area contributed by atoms with Crippen LogP contribution >= 0.6 is 0 Å². The second-order valence-corrected chi connectivity index (χ2v) is 8.33. The predicted octanol–water partition coefficient (Wildman–Crippen LogP) is 1.36. The van der Waals surface area contributed by atoms with Gasteiger partial charge in [-0.3, -0.25) is 4.79 Å². The molecule has 0 N–H and O–H groups in total. The number of sulfone groups is 1. The first kappa shape index (κ1) is 17.6. The zero-order valence-corrected chi connectivity index (χ0v) is 14.5. The van der Waals surface area contributed by atoms with Gasteiger partial charge in [-0.05, 0) is 18.1 Å². The van der Waals surface area contributed by atoms with Crippen LogP contribution < -0.4 is 9.47 Å². The largest absolute Gasteiger partial charge is 0.486 e. The normalized spacial score (nSPS) is 17.1. The molecule has 1 aliphatic heterocycles. The molecule has 1 aromatic rings. The molecule has 0 radical (unpaired) electrons. The molecular weight excluding hydrogens is 318 g/mol. The molecule has 7 heteroatoms. The topological polar surface area (TPSA) is 72.9 Å². The Hall–Kier alpha value is -1.76. The number of hydrogen-bond donors (Lipinski definition) is 0.